The van der Waals surface area contributed by atoms with Gasteiger partial charge in [-0.15, -0.1) is 11.8 Å². The van der Waals surface area contributed by atoms with Gasteiger partial charge in [0.1, 0.15) is 17.3 Å². The van der Waals surface area contributed by atoms with Crippen molar-refractivity contribution < 1.29 is 19.1 Å². The third-order valence-electron chi connectivity index (χ3n) is 5.74. The highest BCUT2D eigenvalue weighted by Crippen LogP contribution is 2.26. The minimum atomic E-state index is -0.480. The SMILES string of the molecule is CCOc1ccc(/C=C(\NC(=O)c2ccccc2)C(=O)Nc2ccc(SC(C)C(=O)Nc3ccccn3)cc2)cc1. The van der Waals surface area contributed by atoms with Crippen LogP contribution in [0.1, 0.15) is 29.8 Å². The summed E-state index contributed by atoms with van der Waals surface area (Å²) in [5.74, 6) is 0.167. The molecule has 0 saturated heterocycles. The highest BCUT2D eigenvalue weighted by molar-refractivity contribution is 8.00. The zero-order valence-electron chi connectivity index (χ0n) is 22.7. The molecule has 9 heteroatoms. The van der Waals surface area contributed by atoms with Crippen molar-refractivity contribution in [2.24, 2.45) is 0 Å². The Morgan fingerprint density at radius 1 is 0.878 bits per heavy atom. The molecule has 0 aliphatic rings. The summed E-state index contributed by atoms with van der Waals surface area (Å²) in [6.45, 7) is 4.26. The maximum atomic E-state index is 13.3. The quantitative estimate of drug-likeness (QED) is 0.152. The van der Waals surface area contributed by atoms with Crippen LogP contribution in [0.4, 0.5) is 11.5 Å². The largest absolute Gasteiger partial charge is 0.494 e. The molecule has 0 radical (unpaired) electrons. The number of thioether (sulfide) groups is 1. The van der Waals surface area contributed by atoms with Gasteiger partial charge in [-0.25, -0.2) is 4.98 Å². The summed E-state index contributed by atoms with van der Waals surface area (Å²) in [6.07, 6.45) is 3.23. The lowest BCUT2D eigenvalue weighted by Gasteiger charge is -2.13. The molecule has 1 atom stereocenters. The average Bonchev–Trinajstić information content (AvgIpc) is 2.99. The predicted octanol–water partition coefficient (Wildman–Crippen LogP) is 6.01. The Morgan fingerprint density at radius 2 is 1.59 bits per heavy atom. The first kappa shape index (κ1) is 29.1. The molecular weight excluding hydrogens is 536 g/mol. The topological polar surface area (TPSA) is 109 Å². The number of anilines is 2. The number of nitrogens with one attached hydrogen (secondary N) is 3. The van der Waals surface area contributed by atoms with E-state index >= 15 is 0 Å². The first-order valence-electron chi connectivity index (χ1n) is 13.0. The maximum Gasteiger partial charge on any atom is 0.272 e. The molecule has 1 unspecified atom stereocenters. The van der Waals surface area contributed by atoms with Crippen molar-refractivity contribution in [2.75, 3.05) is 17.2 Å². The average molecular weight is 567 g/mol. The summed E-state index contributed by atoms with van der Waals surface area (Å²) < 4.78 is 5.49. The molecular formula is C32H30N4O4S. The van der Waals surface area contributed by atoms with Crippen molar-refractivity contribution in [3.05, 3.63) is 120 Å². The number of carbonyl (C=O) groups is 3. The highest BCUT2D eigenvalue weighted by Gasteiger charge is 2.17. The van der Waals surface area contributed by atoms with Crippen molar-refractivity contribution in [1.29, 1.82) is 0 Å². The number of aromatic nitrogens is 1. The van der Waals surface area contributed by atoms with Gasteiger partial charge >= 0.3 is 0 Å². The second-order valence-corrected chi connectivity index (χ2v) is 10.2. The second kappa shape index (κ2) is 14.5. The molecule has 3 aromatic carbocycles. The van der Waals surface area contributed by atoms with E-state index in [0.29, 0.717) is 29.4 Å². The van der Waals surface area contributed by atoms with Crippen molar-refractivity contribution in [2.45, 2.75) is 24.0 Å². The zero-order chi connectivity index (χ0) is 29.0. The van der Waals surface area contributed by atoms with Gasteiger partial charge in [0.15, 0.2) is 0 Å². The van der Waals surface area contributed by atoms with E-state index in [0.717, 1.165) is 10.5 Å². The molecule has 4 rings (SSSR count). The van der Waals surface area contributed by atoms with Gasteiger partial charge in [0.2, 0.25) is 5.91 Å². The Labute approximate surface area is 243 Å². The normalized spacial score (nSPS) is 11.7. The summed E-state index contributed by atoms with van der Waals surface area (Å²) >= 11 is 1.39. The number of hydrogen-bond acceptors (Lipinski definition) is 6. The Hall–Kier alpha value is -4.89. The van der Waals surface area contributed by atoms with Gasteiger partial charge in [0.25, 0.3) is 11.8 Å². The summed E-state index contributed by atoms with van der Waals surface area (Å²) in [4.78, 5) is 43.7. The molecule has 41 heavy (non-hydrogen) atoms. The number of benzene rings is 3. The van der Waals surface area contributed by atoms with E-state index in [-0.39, 0.29) is 16.9 Å². The lowest BCUT2D eigenvalue weighted by atomic mass is 10.1. The fraction of sp³-hybridized carbons (Fsp3) is 0.125. The van der Waals surface area contributed by atoms with Crippen LogP contribution in [0.2, 0.25) is 0 Å². The second-order valence-electron chi connectivity index (χ2n) is 8.82. The fourth-order valence-corrected chi connectivity index (χ4v) is 4.54. The lowest BCUT2D eigenvalue weighted by molar-refractivity contribution is -0.115. The molecule has 0 aliphatic heterocycles. The van der Waals surface area contributed by atoms with Crippen molar-refractivity contribution in [3.63, 3.8) is 0 Å². The monoisotopic (exact) mass is 566 g/mol. The maximum absolute atomic E-state index is 13.3. The number of amides is 3. The minimum absolute atomic E-state index is 0.0845. The van der Waals surface area contributed by atoms with Gasteiger partial charge in [-0.05, 0) is 86.2 Å². The highest BCUT2D eigenvalue weighted by atomic mass is 32.2. The van der Waals surface area contributed by atoms with Crippen LogP contribution in [0.5, 0.6) is 5.75 Å². The molecule has 0 saturated carbocycles. The molecule has 1 aromatic heterocycles. The van der Waals surface area contributed by atoms with E-state index in [4.69, 9.17) is 4.74 Å². The first-order valence-corrected chi connectivity index (χ1v) is 13.9. The van der Waals surface area contributed by atoms with Crippen LogP contribution >= 0.6 is 11.8 Å². The molecule has 1 heterocycles. The molecule has 0 aliphatic carbocycles. The van der Waals surface area contributed by atoms with Crippen molar-refractivity contribution in [3.8, 4) is 5.75 Å². The van der Waals surface area contributed by atoms with Crippen LogP contribution in [0.25, 0.3) is 6.08 Å². The van der Waals surface area contributed by atoms with Crippen LogP contribution in [0.3, 0.4) is 0 Å². The number of hydrogen-bond donors (Lipinski definition) is 3. The van der Waals surface area contributed by atoms with Gasteiger partial charge in [0, 0.05) is 22.3 Å². The molecule has 4 aromatic rings. The Kier molecular flexibility index (Phi) is 10.3. The van der Waals surface area contributed by atoms with Gasteiger partial charge in [-0.1, -0.05) is 36.4 Å². The van der Waals surface area contributed by atoms with E-state index in [9.17, 15) is 14.4 Å². The molecule has 0 fully saturated rings. The van der Waals surface area contributed by atoms with Crippen molar-refractivity contribution >= 4 is 47.1 Å². The zero-order valence-corrected chi connectivity index (χ0v) is 23.5. The Balaban J connectivity index is 1.44. The van der Waals surface area contributed by atoms with Gasteiger partial charge < -0.3 is 20.7 Å². The van der Waals surface area contributed by atoms with Crippen LogP contribution in [0.15, 0.2) is 114 Å². The number of ether oxygens (including phenoxy) is 1. The summed E-state index contributed by atoms with van der Waals surface area (Å²) in [7, 11) is 0. The van der Waals surface area contributed by atoms with Gasteiger partial charge in [0.05, 0.1) is 11.9 Å². The van der Waals surface area contributed by atoms with E-state index in [1.807, 2.05) is 44.2 Å². The minimum Gasteiger partial charge on any atom is -0.494 e. The van der Waals surface area contributed by atoms with Gasteiger partial charge in [-0.3, -0.25) is 14.4 Å². The summed E-state index contributed by atoms with van der Waals surface area (Å²) in [5.41, 5.74) is 1.77. The smallest absolute Gasteiger partial charge is 0.272 e. The van der Waals surface area contributed by atoms with E-state index in [2.05, 4.69) is 20.9 Å². The fourth-order valence-electron chi connectivity index (χ4n) is 3.67. The van der Waals surface area contributed by atoms with Crippen LogP contribution in [0, 0.1) is 0 Å². The molecule has 3 N–H and O–H groups in total. The third-order valence-corrected chi connectivity index (χ3v) is 6.85. The number of carbonyl (C=O) groups excluding carboxylic acids is 3. The molecule has 208 valence electrons. The molecule has 3 amide bonds. The number of pyridine rings is 1. The predicted molar refractivity (Wildman–Crippen MR) is 163 cm³/mol. The lowest BCUT2D eigenvalue weighted by Crippen LogP contribution is -2.30. The van der Waals surface area contributed by atoms with Gasteiger partial charge in [-0.2, -0.15) is 0 Å². The van der Waals surface area contributed by atoms with E-state index < -0.39 is 11.8 Å². The standard InChI is InChI=1S/C32H30N4O4S/c1-3-40-26-16-12-23(13-17-26)21-28(35-31(38)24-9-5-4-6-10-24)32(39)34-25-14-18-27(19-15-25)41-22(2)30(37)36-29-11-7-8-20-33-29/h4-22H,3H2,1-2H3,(H,34,39)(H,35,38)(H,33,36,37)/b28-21-. The first-order chi connectivity index (χ1) is 19.9. The Morgan fingerprint density at radius 3 is 2.24 bits per heavy atom. The van der Waals surface area contributed by atoms with Crippen LogP contribution < -0.4 is 20.7 Å². The van der Waals surface area contributed by atoms with Crippen LogP contribution in [-0.4, -0.2) is 34.6 Å². The molecule has 0 spiro atoms. The summed E-state index contributed by atoms with van der Waals surface area (Å²) in [5, 5.41) is 8.01. The number of rotatable bonds is 11. The third kappa shape index (κ3) is 8.81. The van der Waals surface area contributed by atoms with Crippen LogP contribution in [-0.2, 0) is 9.59 Å². The number of nitrogens with zero attached hydrogens (tertiary/aromatic N) is 1. The van der Waals surface area contributed by atoms with Crippen molar-refractivity contribution in [1.82, 2.24) is 10.3 Å². The van der Waals surface area contributed by atoms with E-state index in [1.54, 1.807) is 79.0 Å². The summed E-state index contributed by atoms with van der Waals surface area (Å²) in [6, 6.07) is 28.4. The Bertz CT molecular complexity index is 1490. The molecule has 8 nitrogen and oxygen atoms in total. The van der Waals surface area contributed by atoms with E-state index in [1.165, 1.54) is 11.8 Å². The molecule has 0 bridgehead atoms.